The molecule has 0 unspecified atom stereocenters. The van der Waals surface area contributed by atoms with Crippen LogP contribution in [-0.4, -0.2) is 17.5 Å². The van der Waals surface area contributed by atoms with Crippen LogP contribution in [0.4, 0.5) is 5.69 Å². The van der Waals surface area contributed by atoms with Crippen LogP contribution in [0.2, 0.25) is 5.02 Å². The van der Waals surface area contributed by atoms with Gasteiger partial charge in [-0.15, -0.1) is 0 Å². The molecule has 114 valence electrons. The van der Waals surface area contributed by atoms with Gasteiger partial charge in [-0.3, -0.25) is 10.1 Å². The summed E-state index contributed by atoms with van der Waals surface area (Å²) in [5, 5.41) is 11.1. The summed E-state index contributed by atoms with van der Waals surface area (Å²) in [6.45, 7) is 1.53. The molecule has 0 aromatic heterocycles. The Morgan fingerprint density at radius 3 is 2.50 bits per heavy atom. The van der Waals surface area contributed by atoms with E-state index in [1.165, 1.54) is 24.3 Å². The van der Waals surface area contributed by atoms with E-state index in [1.807, 2.05) is 6.92 Å². The van der Waals surface area contributed by atoms with Gasteiger partial charge in [0.1, 0.15) is 11.5 Å². The molecule has 0 saturated heterocycles. The molecular formula is C15H12ClNO5. The summed E-state index contributed by atoms with van der Waals surface area (Å²) in [5.74, 6) is 0.139. The highest BCUT2D eigenvalue weighted by atomic mass is 35.5. The van der Waals surface area contributed by atoms with Gasteiger partial charge in [-0.1, -0.05) is 11.6 Å². The Morgan fingerprint density at radius 1 is 1.23 bits per heavy atom. The summed E-state index contributed by atoms with van der Waals surface area (Å²) in [6, 6.07) is 10.3. The van der Waals surface area contributed by atoms with Crippen LogP contribution in [0.25, 0.3) is 0 Å². The number of carbonyl (C=O) groups excluding carboxylic acids is 1. The number of aryl methyl sites for hydroxylation is 1. The smallest absolute Gasteiger partial charge is 0.349 e. The Labute approximate surface area is 131 Å². The number of non-ortho nitro benzene ring substituents is 1. The largest absolute Gasteiger partial charge is 0.482 e. The van der Waals surface area contributed by atoms with E-state index in [1.54, 1.807) is 18.2 Å². The molecule has 0 heterocycles. The molecule has 7 heteroatoms. The van der Waals surface area contributed by atoms with Crippen LogP contribution in [0.15, 0.2) is 42.5 Å². The quantitative estimate of drug-likeness (QED) is 0.364. The average Bonchev–Trinajstić information content (AvgIpc) is 2.47. The Kier molecular flexibility index (Phi) is 4.95. The molecule has 22 heavy (non-hydrogen) atoms. The maximum atomic E-state index is 11.7. The highest BCUT2D eigenvalue weighted by Gasteiger charge is 2.10. The van der Waals surface area contributed by atoms with Crippen molar-refractivity contribution in [2.45, 2.75) is 6.92 Å². The standard InChI is InChI=1S/C15H12ClNO5/c1-10-8-11(16)2-7-14(10)21-9-15(18)22-13-5-3-12(4-6-13)17(19)20/h2-8H,9H2,1H3. The van der Waals surface area contributed by atoms with Crippen molar-refractivity contribution < 1.29 is 19.2 Å². The topological polar surface area (TPSA) is 78.7 Å². The Bertz CT molecular complexity index is 700. The van der Waals surface area contributed by atoms with Gasteiger partial charge in [0.2, 0.25) is 0 Å². The third kappa shape index (κ3) is 4.20. The summed E-state index contributed by atoms with van der Waals surface area (Å²) in [4.78, 5) is 21.7. The first-order valence-corrected chi connectivity index (χ1v) is 6.67. The van der Waals surface area contributed by atoms with Gasteiger partial charge in [0.05, 0.1) is 4.92 Å². The molecule has 0 N–H and O–H groups in total. The van der Waals surface area contributed by atoms with Crippen molar-refractivity contribution in [3.63, 3.8) is 0 Å². The van der Waals surface area contributed by atoms with Crippen LogP contribution >= 0.6 is 11.6 Å². The molecule has 0 fully saturated rings. The van der Waals surface area contributed by atoms with Crippen molar-refractivity contribution in [2.24, 2.45) is 0 Å². The zero-order chi connectivity index (χ0) is 16.1. The van der Waals surface area contributed by atoms with E-state index < -0.39 is 10.9 Å². The van der Waals surface area contributed by atoms with Gasteiger partial charge in [-0.05, 0) is 42.8 Å². The number of nitro benzene ring substituents is 1. The Balaban J connectivity index is 1.91. The molecule has 2 aromatic rings. The fourth-order valence-corrected chi connectivity index (χ4v) is 1.93. The van der Waals surface area contributed by atoms with Gasteiger partial charge in [0.25, 0.3) is 5.69 Å². The van der Waals surface area contributed by atoms with E-state index in [4.69, 9.17) is 21.1 Å². The molecule has 0 bridgehead atoms. The lowest BCUT2D eigenvalue weighted by molar-refractivity contribution is -0.384. The van der Waals surface area contributed by atoms with E-state index in [0.717, 1.165) is 5.56 Å². The first-order valence-electron chi connectivity index (χ1n) is 6.30. The number of nitrogens with zero attached hydrogens (tertiary/aromatic N) is 1. The molecule has 6 nitrogen and oxygen atoms in total. The molecule has 0 saturated carbocycles. The molecule has 0 atom stereocenters. The molecule has 0 aliphatic heterocycles. The summed E-state index contributed by atoms with van der Waals surface area (Å²) >= 11 is 5.83. The lowest BCUT2D eigenvalue weighted by atomic mass is 10.2. The number of benzene rings is 2. The number of ether oxygens (including phenoxy) is 2. The van der Waals surface area contributed by atoms with Crippen molar-refractivity contribution in [3.05, 3.63) is 63.2 Å². The van der Waals surface area contributed by atoms with Crippen LogP contribution in [0.5, 0.6) is 11.5 Å². The van der Waals surface area contributed by atoms with Crippen molar-refractivity contribution >= 4 is 23.3 Å². The molecule has 2 rings (SSSR count). The monoisotopic (exact) mass is 321 g/mol. The van der Waals surface area contributed by atoms with Crippen molar-refractivity contribution in [1.29, 1.82) is 0 Å². The molecule has 0 aliphatic carbocycles. The van der Waals surface area contributed by atoms with Gasteiger partial charge < -0.3 is 9.47 Å². The zero-order valence-corrected chi connectivity index (χ0v) is 12.4. The molecule has 0 spiro atoms. The minimum Gasteiger partial charge on any atom is -0.482 e. The number of carbonyl (C=O) groups is 1. The van der Waals surface area contributed by atoms with Gasteiger partial charge in [-0.2, -0.15) is 0 Å². The van der Waals surface area contributed by atoms with Crippen LogP contribution < -0.4 is 9.47 Å². The van der Waals surface area contributed by atoms with Crippen LogP contribution in [0, 0.1) is 17.0 Å². The first kappa shape index (κ1) is 15.8. The second kappa shape index (κ2) is 6.91. The maximum Gasteiger partial charge on any atom is 0.349 e. The van der Waals surface area contributed by atoms with E-state index >= 15 is 0 Å². The van der Waals surface area contributed by atoms with E-state index in [2.05, 4.69) is 0 Å². The maximum absolute atomic E-state index is 11.7. The Hall–Kier alpha value is -2.60. The molecule has 0 aliphatic rings. The summed E-state index contributed by atoms with van der Waals surface area (Å²) in [6.07, 6.45) is 0. The van der Waals surface area contributed by atoms with Gasteiger partial charge in [0.15, 0.2) is 6.61 Å². The minimum atomic E-state index is -0.608. The fourth-order valence-electron chi connectivity index (χ4n) is 1.71. The number of halogens is 1. The predicted octanol–water partition coefficient (Wildman–Crippen LogP) is 3.54. The summed E-state index contributed by atoms with van der Waals surface area (Å²) in [5.41, 5.74) is 0.725. The molecule has 2 aromatic carbocycles. The number of hydrogen-bond acceptors (Lipinski definition) is 5. The van der Waals surface area contributed by atoms with E-state index in [-0.39, 0.29) is 18.0 Å². The first-order chi connectivity index (χ1) is 10.5. The second-order valence-electron chi connectivity index (χ2n) is 4.42. The number of esters is 1. The van der Waals surface area contributed by atoms with Gasteiger partial charge >= 0.3 is 5.97 Å². The lowest BCUT2D eigenvalue weighted by Crippen LogP contribution is -2.18. The number of rotatable bonds is 5. The number of nitro groups is 1. The minimum absolute atomic E-state index is 0.0761. The van der Waals surface area contributed by atoms with Gasteiger partial charge in [-0.25, -0.2) is 4.79 Å². The summed E-state index contributed by atoms with van der Waals surface area (Å²) < 4.78 is 10.4. The van der Waals surface area contributed by atoms with Gasteiger partial charge in [0, 0.05) is 17.2 Å². The van der Waals surface area contributed by atoms with Crippen molar-refractivity contribution in [1.82, 2.24) is 0 Å². The lowest BCUT2D eigenvalue weighted by Gasteiger charge is -2.09. The van der Waals surface area contributed by atoms with Crippen LogP contribution in [-0.2, 0) is 4.79 Å². The predicted molar refractivity (Wildman–Crippen MR) is 80.4 cm³/mol. The van der Waals surface area contributed by atoms with Crippen LogP contribution in [0.3, 0.4) is 0 Å². The molecular weight excluding hydrogens is 310 g/mol. The van der Waals surface area contributed by atoms with E-state index in [9.17, 15) is 14.9 Å². The van der Waals surface area contributed by atoms with Crippen molar-refractivity contribution in [3.8, 4) is 11.5 Å². The summed E-state index contributed by atoms with van der Waals surface area (Å²) in [7, 11) is 0. The number of hydrogen-bond donors (Lipinski definition) is 0. The third-order valence-electron chi connectivity index (χ3n) is 2.76. The highest BCUT2D eigenvalue weighted by molar-refractivity contribution is 6.30. The third-order valence-corrected chi connectivity index (χ3v) is 3.00. The Morgan fingerprint density at radius 2 is 1.91 bits per heavy atom. The van der Waals surface area contributed by atoms with Crippen molar-refractivity contribution in [2.75, 3.05) is 6.61 Å². The average molecular weight is 322 g/mol. The second-order valence-corrected chi connectivity index (χ2v) is 4.86. The normalized spacial score (nSPS) is 10.1. The fraction of sp³-hybridized carbons (Fsp3) is 0.133. The molecule has 0 amide bonds. The van der Waals surface area contributed by atoms with Crippen LogP contribution in [0.1, 0.15) is 5.56 Å². The SMILES string of the molecule is Cc1cc(Cl)ccc1OCC(=O)Oc1ccc([N+](=O)[O-])cc1. The highest BCUT2D eigenvalue weighted by Crippen LogP contribution is 2.22. The zero-order valence-electron chi connectivity index (χ0n) is 11.6. The molecule has 0 radical (unpaired) electrons. The van der Waals surface area contributed by atoms with E-state index in [0.29, 0.717) is 10.8 Å².